The van der Waals surface area contributed by atoms with Gasteiger partial charge in [0, 0.05) is 18.8 Å². The maximum atomic E-state index is 9.48. The number of aryl methyl sites for hydroxylation is 1. The Labute approximate surface area is 120 Å². The lowest BCUT2D eigenvalue weighted by Gasteiger charge is -2.25. The number of aliphatic hydroxyl groups excluding tert-OH is 1. The van der Waals surface area contributed by atoms with Crippen molar-refractivity contribution in [1.29, 1.82) is 0 Å². The first kappa shape index (κ1) is 15.0. The molecule has 1 unspecified atom stereocenters. The van der Waals surface area contributed by atoms with Gasteiger partial charge in [-0.3, -0.25) is 0 Å². The Morgan fingerprint density at radius 2 is 2.15 bits per heavy atom. The van der Waals surface area contributed by atoms with E-state index in [9.17, 15) is 5.11 Å². The van der Waals surface area contributed by atoms with Crippen molar-refractivity contribution in [2.75, 3.05) is 6.61 Å². The molecule has 2 aromatic rings. The third-order valence-corrected chi connectivity index (χ3v) is 3.40. The van der Waals surface area contributed by atoms with Crippen LogP contribution in [0.25, 0.3) is 5.65 Å². The second-order valence-corrected chi connectivity index (χ2v) is 6.71. The number of fused-ring (bicyclic) bond motifs is 1. The van der Waals surface area contributed by atoms with Crippen molar-refractivity contribution < 1.29 is 5.11 Å². The monoisotopic (exact) mass is 275 g/mol. The maximum Gasteiger partial charge on any atom is 0.137 e. The highest BCUT2D eigenvalue weighted by Crippen LogP contribution is 2.20. The summed E-state index contributed by atoms with van der Waals surface area (Å²) in [5.41, 5.74) is 3.51. The Bertz CT molecular complexity index is 569. The van der Waals surface area contributed by atoms with E-state index >= 15 is 0 Å². The van der Waals surface area contributed by atoms with Crippen LogP contribution in [-0.4, -0.2) is 27.1 Å². The van der Waals surface area contributed by atoms with Gasteiger partial charge in [0.2, 0.25) is 0 Å². The number of pyridine rings is 1. The molecule has 2 heterocycles. The van der Waals surface area contributed by atoms with E-state index in [1.807, 2.05) is 12.4 Å². The Balaban J connectivity index is 2.05. The number of nitrogens with one attached hydrogen (secondary N) is 1. The molecule has 1 atom stereocenters. The molecule has 0 radical (unpaired) electrons. The molecule has 110 valence electrons. The fraction of sp³-hybridized carbons (Fsp3) is 0.562. The third kappa shape index (κ3) is 3.81. The second kappa shape index (κ2) is 5.94. The number of rotatable bonds is 5. The minimum atomic E-state index is 0.117. The molecule has 0 fully saturated rings. The fourth-order valence-electron chi connectivity index (χ4n) is 2.46. The van der Waals surface area contributed by atoms with Crippen LogP contribution in [0.4, 0.5) is 0 Å². The van der Waals surface area contributed by atoms with Crippen molar-refractivity contribution in [3.05, 3.63) is 35.8 Å². The molecule has 0 aromatic carbocycles. The first-order valence-electron chi connectivity index (χ1n) is 7.16. The van der Waals surface area contributed by atoms with Gasteiger partial charge in [-0.2, -0.15) is 0 Å². The Morgan fingerprint density at radius 3 is 2.80 bits per heavy atom. The number of imidazole rings is 1. The molecule has 0 bridgehead atoms. The van der Waals surface area contributed by atoms with Crippen molar-refractivity contribution in [3.63, 3.8) is 0 Å². The first-order chi connectivity index (χ1) is 9.39. The highest BCUT2D eigenvalue weighted by atomic mass is 16.3. The third-order valence-electron chi connectivity index (χ3n) is 3.40. The smallest absolute Gasteiger partial charge is 0.137 e. The summed E-state index contributed by atoms with van der Waals surface area (Å²) < 4.78 is 2.09. The SMILES string of the molecule is Cc1ccn2c(CNC(CO)CC(C)(C)C)cnc2c1. The molecule has 0 aliphatic heterocycles. The number of hydrogen-bond acceptors (Lipinski definition) is 3. The van der Waals surface area contributed by atoms with Crippen molar-refractivity contribution in [3.8, 4) is 0 Å². The quantitative estimate of drug-likeness (QED) is 0.881. The van der Waals surface area contributed by atoms with Crippen LogP contribution in [0.1, 0.15) is 38.4 Å². The zero-order chi connectivity index (χ0) is 14.8. The normalized spacial score (nSPS) is 13.8. The molecule has 0 saturated heterocycles. The number of nitrogens with zero attached hydrogens (tertiary/aromatic N) is 2. The van der Waals surface area contributed by atoms with E-state index in [2.05, 4.69) is 54.5 Å². The topological polar surface area (TPSA) is 49.6 Å². The van der Waals surface area contributed by atoms with Crippen LogP contribution in [-0.2, 0) is 6.54 Å². The van der Waals surface area contributed by atoms with E-state index in [0.717, 1.165) is 17.8 Å². The average Bonchev–Trinajstić information content (AvgIpc) is 2.75. The van der Waals surface area contributed by atoms with E-state index in [1.165, 1.54) is 5.56 Å². The standard InChI is InChI=1S/C16H25N3O/c1-12-5-6-19-14(10-18-15(19)7-12)9-17-13(11-20)8-16(2,3)4/h5-7,10,13,17,20H,8-9,11H2,1-4H3. The van der Waals surface area contributed by atoms with E-state index in [1.54, 1.807) is 0 Å². The van der Waals surface area contributed by atoms with E-state index < -0.39 is 0 Å². The molecule has 20 heavy (non-hydrogen) atoms. The predicted octanol–water partition coefficient (Wildman–Crippen LogP) is 2.53. The van der Waals surface area contributed by atoms with Crippen LogP contribution in [0.15, 0.2) is 24.5 Å². The van der Waals surface area contributed by atoms with Crippen LogP contribution >= 0.6 is 0 Å². The van der Waals surface area contributed by atoms with Gasteiger partial charge in [0.15, 0.2) is 0 Å². The molecular formula is C16H25N3O. The zero-order valence-electron chi connectivity index (χ0n) is 12.8. The Morgan fingerprint density at radius 1 is 1.40 bits per heavy atom. The van der Waals surface area contributed by atoms with Gasteiger partial charge in [-0.25, -0.2) is 4.98 Å². The average molecular weight is 275 g/mol. The molecule has 0 spiro atoms. The summed E-state index contributed by atoms with van der Waals surface area (Å²) >= 11 is 0. The lowest BCUT2D eigenvalue weighted by molar-refractivity contribution is 0.197. The summed E-state index contributed by atoms with van der Waals surface area (Å²) in [5, 5.41) is 12.9. The van der Waals surface area contributed by atoms with Crippen molar-refractivity contribution in [1.82, 2.24) is 14.7 Å². The fourth-order valence-corrected chi connectivity index (χ4v) is 2.46. The van der Waals surface area contributed by atoms with Gasteiger partial charge in [0.25, 0.3) is 0 Å². The van der Waals surface area contributed by atoms with Crippen LogP contribution < -0.4 is 5.32 Å². The zero-order valence-corrected chi connectivity index (χ0v) is 12.8. The van der Waals surface area contributed by atoms with E-state index in [4.69, 9.17) is 0 Å². The first-order valence-corrected chi connectivity index (χ1v) is 7.16. The molecule has 4 nitrogen and oxygen atoms in total. The Kier molecular flexibility index (Phi) is 4.45. The number of hydrogen-bond donors (Lipinski definition) is 2. The Hall–Kier alpha value is -1.39. The summed E-state index contributed by atoms with van der Waals surface area (Å²) in [6, 6.07) is 4.27. The summed E-state index contributed by atoms with van der Waals surface area (Å²) in [6.07, 6.45) is 4.89. The minimum Gasteiger partial charge on any atom is -0.395 e. The molecule has 2 aromatic heterocycles. The molecule has 2 rings (SSSR count). The van der Waals surface area contributed by atoms with E-state index in [-0.39, 0.29) is 18.1 Å². The predicted molar refractivity (Wildman–Crippen MR) is 81.7 cm³/mol. The van der Waals surface area contributed by atoms with Gasteiger partial charge >= 0.3 is 0 Å². The van der Waals surface area contributed by atoms with Gasteiger partial charge in [-0.1, -0.05) is 20.8 Å². The molecule has 0 aliphatic carbocycles. The maximum absolute atomic E-state index is 9.48. The van der Waals surface area contributed by atoms with Crippen LogP contribution in [0.5, 0.6) is 0 Å². The van der Waals surface area contributed by atoms with Crippen molar-refractivity contribution >= 4 is 5.65 Å². The van der Waals surface area contributed by atoms with Gasteiger partial charge < -0.3 is 14.8 Å². The van der Waals surface area contributed by atoms with Crippen molar-refractivity contribution in [2.24, 2.45) is 5.41 Å². The van der Waals surface area contributed by atoms with Gasteiger partial charge in [-0.05, 0) is 36.5 Å². The van der Waals surface area contributed by atoms with Gasteiger partial charge in [0.05, 0.1) is 18.5 Å². The summed E-state index contributed by atoms with van der Waals surface area (Å²) in [4.78, 5) is 4.42. The highest BCUT2D eigenvalue weighted by Gasteiger charge is 2.18. The van der Waals surface area contributed by atoms with Crippen LogP contribution in [0.3, 0.4) is 0 Å². The lowest BCUT2D eigenvalue weighted by Crippen LogP contribution is -2.35. The molecule has 2 N–H and O–H groups in total. The van der Waals surface area contributed by atoms with Crippen LogP contribution in [0.2, 0.25) is 0 Å². The summed E-state index contributed by atoms with van der Waals surface area (Å²) in [7, 11) is 0. The number of aromatic nitrogens is 2. The van der Waals surface area contributed by atoms with Gasteiger partial charge in [0.1, 0.15) is 5.65 Å². The largest absolute Gasteiger partial charge is 0.395 e. The summed E-state index contributed by atoms with van der Waals surface area (Å²) in [5.74, 6) is 0. The molecular weight excluding hydrogens is 250 g/mol. The van der Waals surface area contributed by atoms with Crippen LogP contribution in [0, 0.1) is 12.3 Å². The highest BCUT2D eigenvalue weighted by molar-refractivity contribution is 5.42. The van der Waals surface area contributed by atoms with Gasteiger partial charge in [-0.15, -0.1) is 0 Å². The summed E-state index contributed by atoms with van der Waals surface area (Å²) in [6.45, 7) is 9.51. The molecule has 0 saturated carbocycles. The lowest BCUT2D eigenvalue weighted by atomic mass is 9.88. The molecule has 4 heteroatoms. The van der Waals surface area contributed by atoms with Crippen molar-refractivity contribution in [2.45, 2.75) is 46.7 Å². The minimum absolute atomic E-state index is 0.117. The second-order valence-electron chi connectivity index (χ2n) is 6.71. The van der Waals surface area contributed by atoms with E-state index in [0.29, 0.717) is 6.54 Å². The molecule has 0 amide bonds. The number of aliphatic hydroxyl groups is 1. The molecule has 0 aliphatic rings.